The Morgan fingerprint density at radius 2 is 2.42 bits per heavy atom. The van der Waals surface area contributed by atoms with E-state index in [0.29, 0.717) is 0 Å². The van der Waals surface area contributed by atoms with Gasteiger partial charge < -0.3 is 9.21 Å². The molecule has 64 valence electrons. The summed E-state index contributed by atoms with van der Waals surface area (Å²) in [6, 6.07) is 3.69. The molecule has 2 nitrogen and oxygen atoms in total. The average molecular weight is 164 g/mol. The third-order valence-corrected chi connectivity index (χ3v) is 1.84. The molecule has 12 heavy (non-hydrogen) atoms. The van der Waals surface area contributed by atoms with Crippen molar-refractivity contribution >= 4 is 12.4 Å². The minimum absolute atomic E-state index is 0.0323. The summed E-state index contributed by atoms with van der Waals surface area (Å²) in [5, 5.41) is 0. The minimum atomic E-state index is -0.0323. The molecule has 0 amide bonds. The van der Waals surface area contributed by atoms with Gasteiger partial charge in [0.15, 0.2) is 0 Å². The third-order valence-electron chi connectivity index (χ3n) is 1.84. The lowest BCUT2D eigenvalue weighted by molar-refractivity contribution is -0.109. The molecule has 0 saturated carbocycles. The highest BCUT2D eigenvalue weighted by Gasteiger charge is 2.01. The molecule has 0 unspecified atom stereocenters. The topological polar surface area (TPSA) is 30.2 Å². The van der Waals surface area contributed by atoms with Crippen molar-refractivity contribution in [2.45, 2.75) is 13.8 Å². The van der Waals surface area contributed by atoms with Crippen molar-refractivity contribution in [1.29, 1.82) is 0 Å². The molecule has 1 aromatic heterocycles. The molecular formula is C10H12O2. The normalized spacial score (nSPS) is 14.3. The molecule has 1 atom stereocenters. The lowest BCUT2D eigenvalue weighted by Gasteiger charge is -2.01. The van der Waals surface area contributed by atoms with Gasteiger partial charge in [0.05, 0.1) is 6.26 Å². The monoisotopic (exact) mass is 164 g/mol. The van der Waals surface area contributed by atoms with Crippen LogP contribution in [0.4, 0.5) is 0 Å². The Bertz CT molecular complexity index is 270. The zero-order valence-electron chi connectivity index (χ0n) is 7.28. The lowest BCUT2D eigenvalue weighted by atomic mass is 10.0. The number of hydrogen-bond acceptors (Lipinski definition) is 2. The second-order valence-electron chi connectivity index (χ2n) is 2.83. The summed E-state index contributed by atoms with van der Waals surface area (Å²) in [5.41, 5.74) is 1.01. The van der Waals surface area contributed by atoms with Crippen molar-refractivity contribution in [1.82, 2.24) is 0 Å². The van der Waals surface area contributed by atoms with Gasteiger partial charge in [-0.15, -0.1) is 0 Å². The molecule has 0 saturated heterocycles. The largest absolute Gasteiger partial charge is 0.465 e. The van der Waals surface area contributed by atoms with Crippen molar-refractivity contribution < 1.29 is 9.21 Å². The molecule has 0 aliphatic carbocycles. The average Bonchev–Trinajstić information content (AvgIpc) is 2.55. The van der Waals surface area contributed by atoms with Crippen LogP contribution in [-0.2, 0) is 4.79 Å². The molecular weight excluding hydrogens is 152 g/mol. The maximum atomic E-state index is 10.4. The van der Waals surface area contributed by atoms with Crippen LogP contribution in [0.1, 0.15) is 19.6 Å². The first kappa shape index (κ1) is 8.78. The van der Waals surface area contributed by atoms with Gasteiger partial charge in [0.2, 0.25) is 0 Å². The first-order valence-electron chi connectivity index (χ1n) is 3.91. The number of carbonyl (C=O) groups excluding carboxylic acids is 1. The maximum absolute atomic E-state index is 10.4. The zero-order valence-corrected chi connectivity index (χ0v) is 7.28. The van der Waals surface area contributed by atoms with Gasteiger partial charge >= 0.3 is 0 Å². The van der Waals surface area contributed by atoms with Gasteiger partial charge in [-0.25, -0.2) is 0 Å². The van der Waals surface area contributed by atoms with E-state index in [1.165, 1.54) is 0 Å². The summed E-state index contributed by atoms with van der Waals surface area (Å²) < 4.78 is 5.11. The van der Waals surface area contributed by atoms with Gasteiger partial charge in [0.25, 0.3) is 0 Å². The first-order valence-corrected chi connectivity index (χ1v) is 3.91. The predicted molar refractivity (Wildman–Crippen MR) is 47.6 cm³/mol. The molecule has 0 aromatic carbocycles. The van der Waals surface area contributed by atoms with Gasteiger partial charge in [0.1, 0.15) is 12.0 Å². The molecule has 1 rings (SSSR count). The van der Waals surface area contributed by atoms with E-state index < -0.39 is 0 Å². The third kappa shape index (κ3) is 2.09. The number of allylic oxidation sites excluding steroid dienone is 1. The molecule has 0 bridgehead atoms. The second-order valence-corrected chi connectivity index (χ2v) is 2.83. The van der Waals surface area contributed by atoms with Crippen LogP contribution in [0.15, 0.2) is 28.4 Å². The standard InChI is InChI=1S/C10H12O2/c1-8(9(2)7-11)6-10-4-3-5-12-10/h3-7,9H,1-2H3/b8-6+/t9-/m1/s1. The van der Waals surface area contributed by atoms with E-state index in [1.807, 2.05) is 32.1 Å². The Hall–Kier alpha value is -1.31. The summed E-state index contributed by atoms with van der Waals surface area (Å²) >= 11 is 0. The second kappa shape index (κ2) is 3.90. The summed E-state index contributed by atoms with van der Waals surface area (Å²) in [6.07, 6.45) is 4.42. The van der Waals surface area contributed by atoms with Crippen molar-refractivity contribution in [3.05, 3.63) is 29.7 Å². The first-order chi connectivity index (χ1) is 5.74. The quantitative estimate of drug-likeness (QED) is 0.642. The number of carbonyl (C=O) groups is 1. The van der Waals surface area contributed by atoms with E-state index in [9.17, 15) is 4.79 Å². The zero-order chi connectivity index (χ0) is 8.97. The van der Waals surface area contributed by atoms with Crippen LogP contribution in [0.5, 0.6) is 0 Å². The van der Waals surface area contributed by atoms with Crippen LogP contribution >= 0.6 is 0 Å². The summed E-state index contributed by atoms with van der Waals surface area (Å²) in [5.74, 6) is 0.760. The van der Waals surface area contributed by atoms with Crippen LogP contribution < -0.4 is 0 Å². The number of hydrogen-bond donors (Lipinski definition) is 0. The molecule has 1 aromatic rings. The van der Waals surface area contributed by atoms with Crippen LogP contribution in [0.3, 0.4) is 0 Å². The van der Waals surface area contributed by atoms with Crippen molar-refractivity contribution in [3.63, 3.8) is 0 Å². The van der Waals surface area contributed by atoms with Crippen molar-refractivity contribution in [2.24, 2.45) is 5.92 Å². The molecule has 0 N–H and O–H groups in total. The SMILES string of the molecule is C/C(=C\c1ccco1)[C@H](C)C=O. The predicted octanol–water partition coefficient (Wildman–Crippen LogP) is 2.52. The molecule has 2 heteroatoms. The summed E-state index contributed by atoms with van der Waals surface area (Å²) in [4.78, 5) is 10.4. The molecule has 0 aliphatic heterocycles. The molecule has 0 aliphatic rings. The van der Waals surface area contributed by atoms with E-state index >= 15 is 0 Å². The van der Waals surface area contributed by atoms with Gasteiger partial charge in [-0.3, -0.25) is 0 Å². The summed E-state index contributed by atoms with van der Waals surface area (Å²) in [7, 11) is 0. The molecule has 1 heterocycles. The number of furan rings is 1. The van der Waals surface area contributed by atoms with Crippen LogP contribution in [-0.4, -0.2) is 6.29 Å². The smallest absolute Gasteiger partial charge is 0.126 e. The van der Waals surface area contributed by atoms with Gasteiger partial charge in [-0.1, -0.05) is 12.5 Å². The molecule has 0 fully saturated rings. The van der Waals surface area contributed by atoms with E-state index in [2.05, 4.69) is 0 Å². The Morgan fingerprint density at radius 3 is 2.92 bits per heavy atom. The van der Waals surface area contributed by atoms with E-state index in [1.54, 1.807) is 6.26 Å². The van der Waals surface area contributed by atoms with Crippen molar-refractivity contribution in [2.75, 3.05) is 0 Å². The Labute approximate surface area is 71.9 Å². The van der Waals surface area contributed by atoms with Gasteiger partial charge in [-0.2, -0.15) is 0 Å². The minimum Gasteiger partial charge on any atom is -0.465 e. The lowest BCUT2D eigenvalue weighted by Crippen LogP contribution is -1.96. The fourth-order valence-corrected chi connectivity index (χ4v) is 0.837. The van der Waals surface area contributed by atoms with E-state index in [0.717, 1.165) is 17.6 Å². The maximum Gasteiger partial charge on any atom is 0.126 e. The fraction of sp³-hybridized carbons (Fsp3) is 0.300. The fourth-order valence-electron chi connectivity index (χ4n) is 0.837. The number of aldehydes is 1. The van der Waals surface area contributed by atoms with Crippen LogP contribution in [0, 0.1) is 5.92 Å². The highest BCUT2D eigenvalue weighted by atomic mass is 16.3. The van der Waals surface area contributed by atoms with Crippen LogP contribution in [0.2, 0.25) is 0 Å². The highest BCUT2D eigenvalue weighted by molar-refractivity contribution is 5.62. The van der Waals surface area contributed by atoms with Gasteiger partial charge in [-0.05, 0) is 25.1 Å². The number of rotatable bonds is 3. The Kier molecular flexibility index (Phi) is 2.86. The van der Waals surface area contributed by atoms with E-state index in [-0.39, 0.29) is 5.92 Å². The van der Waals surface area contributed by atoms with Gasteiger partial charge in [0, 0.05) is 5.92 Å². The molecule has 0 radical (unpaired) electrons. The molecule has 0 spiro atoms. The van der Waals surface area contributed by atoms with Crippen LogP contribution in [0.25, 0.3) is 6.08 Å². The highest BCUT2D eigenvalue weighted by Crippen LogP contribution is 2.12. The van der Waals surface area contributed by atoms with Crippen molar-refractivity contribution in [3.8, 4) is 0 Å². The Morgan fingerprint density at radius 1 is 1.67 bits per heavy atom. The summed E-state index contributed by atoms with van der Waals surface area (Å²) in [6.45, 7) is 3.78. The van der Waals surface area contributed by atoms with E-state index in [4.69, 9.17) is 4.42 Å². The Balaban J connectivity index is 2.75.